The molecule has 1 aliphatic rings. The smallest absolute Gasteiger partial charge is 0.387 e. The maximum absolute atomic E-state index is 13.1. The fourth-order valence-electron chi connectivity index (χ4n) is 4.36. The molecule has 4 aromatic carbocycles. The minimum Gasteiger partial charge on any atom is -0.480 e. The summed E-state index contributed by atoms with van der Waals surface area (Å²) in [7, 11) is -3.55. The van der Waals surface area contributed by atoms with Crippen LogP contribution >= 0.6 is 11.6 Å². The number of nitrogens with one attached hydrogen (secondary N) is 1. The zero-order chi connectivity index (χ0) is 25.4. The maximum Gasteiger partial charge on any atom is 0.387 e. The Bertz CT molecular complexity index is 1560. The summed E-state index contributed by atoms with van der Waals surface area (Å²) < 4.78 is 63.6. The van der Waals surface area contributed by atoms with E-state index in [1.807, 2.05) is 42.5 Å². The Morgan fingerprint density at radius 3 is 2.47 bits per heavy atom. The van der Waals surface area contributed by atoms with E-state index in [1.54, 1.807) is 36.4 Å². The zero-order valence-corrected chi connectivity index (χ0v) is 20.5. The number of anilines is 1. The fourth-order valence-corrected chi connectivity index (χ4v) is 5.16. The molecule has 184 valence electrons. The molecular formula is C27H20ClF2NO4S. The molecule has 1 atom stereocenters. The van der Waals surface area contributed by atoms with E-state index in [4.69, 9.17) is 21.1 Å². The van der Waals surface area contributed by atoms with E-state index in [2.05, 4.69) is 4.72 Å². The van der Waals surface area contributed by atoms with Crippen molar-refractivity contribution in [1.29, 1.82) is 0 Å². The van der Waals surface area contributed by atoms with Crippen LogP contribution in [0.2, 0.25) is 5.02 Å². The average molecular weight is 528 g/mol. The van der Waals surface area contributed by atoms with Gasteiger partial charge in [-0.05, 0) is 53.1 Å². The van der Waals surface area contributed by atoms with E-state index in [1.165, 1.54) is 6.07 Å². The molecule has 1 aliphatic heterocycles. The minimum atomic E-state index is -3.55. The monoisotopic (exact) mass is 527 g/mol. The van der Waals surface area contributed by atoms with Gasteiger partial charge in [0, 0.05) is 21.8 Å². The summed E-state index contributed by atoms with van der Waals surface area (Å²) in [5, 5.41) is 0.596. The predicted molar refractivity (Wildman–Crippen MR) is 136 cm³/mol. The fraction of sp³-hybridized carbons (Fsp3) is 0.111. The third-order valence-electron chi connectivity index (χ3n) is 5.73. The quantitative estimate of drug-likeness (QED) is 0.290. The van der Waals surface area contributed by atoms with Crippen molar-refractivity contribution in [2.75, 3.05) is 11.0 Å². The van der Waals surface area contributed by atoms with E-state index >= 15 is 0 Å². The van der Waals surface area contributed by atoms with Crippen molar-refractivity contribution in [3.63, 3.8) is 0 Å². The summed E-state index contributed by atoms with van der Waals surface area (Å²) >= 11 is 6.41. The summed E-state index contributed by atoms with van der Waals surface area (Å²) in [5.74, 6) is 0.341. The molecule has 0 saturated carbocycles. The molecule has 1 heterocycles. The van der Waals surface area contributed by atoms with Gasteiger partial charge in [-0.3, -0.25) is 4.72 Å². The number of sulfonamides is 1. The number of fused-ring (bicyclic) bond motifs is 3. The number of benzene rings is 4. The first kappa shape index (κ1) is 24.1. The average Bonchev–Trinajstić information content (AvgIpc) is 2.82. The number of halogens is 3. The molecule has 5 rings (SSSR count). The molecule has 0 fully saturated rings. The number of alkyl halides is 2. The van der Waals surface area contributed by atoms with E-state index in [0.29, 0.717) is 33.1 Å². The lowest BCUT2D eigenvalue weighted by Gasteiger charge is -2.31. The van der Waals surface area contributed by atoms with Gasteiger partial charge in [0.05, 0.1) is 11.8 Å². The molecule has 0 aromatic heterocycles. The predicted octanol–water partition coefficient (Wildman–Crippen LogP) is 7.13. The van der Waals surface area contributed by atoms with Gasteiger partial charge in [-0.2, -0.15) is 8.78 Å². The molecule has 0 saturated heterocycles. The first-order chi connectivity index (χ1) is 17.2. The summed E-state index contributed by atoms with van der Waals surface area (Å²) in [5.41, 5.74) is 4.38. The largest absolute Gasteiger partial charge is 0.480 e. The van der Waals surface area contributed by atoms with Gasteiger partial charge in [0.25, 0.3) is 0 Å². The van der Waals surface area contributed by atoms with Crippen LogP contribution in [-0.2, 0) is 10.0 Å². The lowest BCUT2D eigenvalue weighted by Crippen LogP contribution is -2.18. The number of hydrogen-bond acceptors (Lipinski definition) is 4. The Balaban J connectivity index is 1.68. The number of hydrogen-bond donors (Lipinski definition) is 1. The topological polar surface area (TPSA) is 64.6 Å². The van der Waals surface area contributed by atoms with Crippen molar-refractivity contribution in [1.82, 2.24) is 0 Å². The summed E-state index contributed by atoms with van der Waals surface area (Å²) in [4.78, 5) is 0. The third-order valence-corrected chi connectivity index (χ3v) is 6.67. The van der Waals surface area contributed by atoms with E-state index in [-0.39, 0.29) is 5.75 Å². The first-order valence-electron chi connectivity index (χ1n) is 10.9. The molecule has 0 radical (unpaired) electrons. The standard InChI is InChI=1S/C27H20ClF2NO4S/c1-36(32,33)31-18-12-13-20-21(15-18)26(34-23-10-5-11-24(25(20)23)35-27(29)30)17-7-4-6-16(14-17)19-8-2-3-9-22(19)28/h2-15,26-27,31H,1H3. The zero-order valence-electron chi connectivity index (χ0n) is 18.9. The molecule has 1 unspecified atom stereocenters. The van der Waals surface area contributed by atoms with Crippen LogP contribution in [0.25, 0.3) is 22.3 Å². The lowest BCUT2D eigenvalue weighted by atomic mass is 9.88. The van der Waals surface area contributed by atoms with Crippen LogP contribution in [0.3, 0.4) is 0 Å². The van der Waals surface area contributed by atoms with Gasteiger partial charge in [-0.25, -0.2) is 8.42 Å². The highest BCUT2D eigenvalue weighted by Gasteiger charge is 2.31. The molecule has 0 spiro atoms. The first-order valence-corrected chi connectivity index (χ1v) is 13.2. The van der Waals surface area contributed by atoms with Gasteiger partial charge >= 0.3 is 6.61 Å². The van der Waals surface area contributed by atoms with Crippen molar-refractivity contribution >= 4 is 27.3 Å². The van der Waals surface area contributed by atoms with Crippen LogP contribution in [0.1, 0.15) is 17.2 Å². The van der Waals surface area contributed by atoms with Crippen molar-refractivity contribution in [3.05, 3.63) is 101 Å². The second kappa shape index (κ2) is 9.44. The SMILES string of the molecule is CS(=O)(=O)Nc1ccc2c(c1)C(c1cccc(-c3ccccc3Cl)c1)Oc1cccc(OC(F)F)c1-2. The Morgan fingerprint density at radius 1 is 0.944 bits per heavy atom. The molecule has 5 nitrogen and oxygen atoms in total. The van der Waals surface area contributed by atoms with Crippen molar-refractivity contribution in [2.24, 2.45) is 0 Å². The summed E-state index contributed by atoms with van der Waals surface area (Å²) in [6.07, 6.45) is 0.398. The van der Waals surface area contributed by atoms with Gasteiger partial charge in [0.2, 0.25) is 10.0 Å². The van der Waals surface area contributed by atoms with Gasteiger partial charge in [0.1, 0.15) is 17.6 Å². The summed E-state index contributed by atoms with van der Waals surface area (Å²) in [6, 6.07) is 24.7. The van der Waals surface area contributed by atoms with Crippen molar-refractivity contribution in [2.45, 2.75) is 12.7 Å². The number of ether oxygens (including phenoxy) is 2. The van der Waals surface area contributed by atoms with Gasteiger partial charge in [-0.15, -0.1) is 0 Å². The second-order valence-corrected chi connectivity index (χ2v) is 10.4. The van der Waals surface area contributed by atoms with Crippen molar-refractivity contribution < 1.29 is 26.7 Å². The highest BCUT2D eigenvalue weighted by Crippen LogP contribution is 2.50. The molecule has 4 aromatic rings. The molecule has 9 heteroatoms. The van der Waals surface area contributed by atoms with Crippen LogP contribution < -0.4 is 14.2 Å². The maximum atomic E-state index is 13.1. The molecular weight excluding hydrogens is 508 g/mol. The second-order valence-electron chi connectivity index (χ2n) is 8.29. The number of rotatable bonds is 6. The van der Waals surface area contributed by atoms with Crippen LogP contribution in [0.15, 0.2) is 84.9 Å². The third kappa shape index (κ3) is 4.87. The van der Waals surface area contributed by atoms with Crippen LogP contribution in [0.5, 0.6) is 11.5 Å². The minimum absolute atomic E-state index is 0.0316. The van der Waals surface area contributed by atoms with Gasteiger partial charge in [-0.1, -0.05) is 60.1 Å². The van der Waals surface area contributed by atoms with Crippen LogP contribution in [0.4, 0.5) is 14.5 Å². The van der Waals surface area contributed by atoms with Crippen LogP contribution in [0, 0.1) is 0 Å². The molecule has 0 aliphatic carbocycles. The van der Waals surface area contributed by atoms with Crippen LogP contribution in [-0.4, -0.2) is 21.3 Å². The highest BCUT2D eigenvalue weighted by molar-refractivity contribution is 7.92. The normalized spacial score (nSPS) is 14.5. The van der Waals surface area contributed by atoms with Crippen molar-refractivity contribution in [3.8, 4) is 33.8 Å². The van der Waals surface area contributed by atoms with E-state index in [9.17, 15) is 17.2 Å². The van der Waals surface area contributed by atoms with E-state index in [0.717, 1.165) is 22.9 Å². The van der Waals surface area contributed by atoms with Gasteiger partial charge < -0.3 is 9.47 Å². The molecule has 0 amide bonds. The summed E-state index contributed by atoms with van der Waals surface area (Å²) in [6.45, 7) is -3.02. The Hall–Kier alpha value is -3.62. The molecule has 1 N–H and O–H groups in total. The molecule has 36 heavy (non-hydrogen) atoms. The lowest BCUT2D eigenvalue weighted by molar-refractivity contribution is -0.0496. The highest BCUT2D eigenvalue weighted by atomic mass is 35.5. The Kier molecular flexibility index (Phi) is 6.32. The Labute approximate surface area is 212 Å². The van der Waals surface area contributed by atoms with E-state index < -0.39 is 22.7 Å². The molecule has 0 bridgehead atoms. The Morgan fingerprint density at radius 2 is 1.72 bits per heavy atom. The van der Waals surface area contributed by atoms with Gasteiger partial charge in [0.15, 0.2) is 0 Å².